The molecular weight excluding hydrogens is 276 g/mol. The normalized spacial score (nSPS) is 26.3. The second-order valence-corrected chi connectivity index (χ2v) is 6.77. The SMILES string of the molecule is COCCN(Cc1ccccn1)C(=O)C[C@H]1C[C@H]2CC[C@H]1C2. The van der Waals surface area contributed by atoms with Crippen LogP contribution in [0.4, 0.5) is 0 Å². The van der Waals surface area contributed by atoms with Gasteiger partial charge in [-0.05, 0) is 49.1 Å². The Morgan fingerprint density at radius 3 is 2.91 bits per heavy atom. The van der Waals surface area contributed by atoms with E-state index in [1.54, 1.807) is 13.3 Å². The van der Waals surface area contributed by atoms with E-state index in [4.69, 9.17) is 4.74 Å². The number of hydrogen-bond donors (Lipinski definition) is 0. The molecule has 0 aliphatic heterocycles. The molecule has 1 heterocycles. The molecule has 0 spiro atoms. The summed E-state index contributed by atoms with van der Waals surface area (Å²) in [7, 11) is 1.68. The molecule has 2 aliphatic rings. The number of hydrogen-bond acceptors (Lipinski definition) is 3. The van der Waals surface area contributed by atoms with Crippen molar-refractivity contribution >= 4 is 5.91 Å². The lowest BCUT2D eigenvalue weighted by Gasteiger charge is -2.26. The highest BCUT2D eigenvalue weighted by Gasteiger charge is 2.40. The zero-order valence-corrected chi connectivity index (χ0v) is 13.4. The van der Waals surface area contributed by atoms with E-state index in [9.17, 15) is 4.79 Å². The lowest BCUT2D eigenvalue weighted by Crippen LogP contribution is -2.35. The molecule has 4 nitrogen and oxygen atoms in total. The number of carbonyl (C=O) groups is 1. The number of aromatic nitrogens is 1. The van der Waals surface area contributed by atoms with Gasteiger partial charge in [0.1, 0.15) is 0 Å². The van der Waals surface area contributed by atoms with Crippen LogP contribution in [0.25, 0.3) is 0 Å². The van der Waals surface area contributed by atoms with Crippen molar-refractivity contribution in [2.45, 2.75) is 38.6 Å². The van der Waals surface area contributed by atoms with E-state index < -0.39 is 0 Å². The molecule has 22 heavy (non-hydrogen) atoms. The van der Waals surface area contributed by atoms with Crippen LogP contribution in [0.2, 0.25) is 0 Å². The van der Waals surface area contributed by atoms with Crippen LogP contribution < -0.4 is 0 Å². The Bertz CT molecular complexity index is 491. The number of pyridine rings is 1. The third kappa shape index (κ3) is 3.67. The number of carbonyl (C=O) groups excluding carboxylic acids is 1. The fourth-order valence-electron chi connectivity index (χ4n) is 4.16. The smallest absolute Gasteiger partial charge is 0.223 e. The van der Waals surface area contributed by atoms with Crippen LogP contribution in [-0.4, -0.2) is 36.1 Å². The molecule has 0 saturated heterocycles. The Hall–Kier alpha value is -1.42. The predicted molar refractivity (Wildman–Crippen MR) is 85.1 cm³/mol. The number of nitrogens with zero attached hydrogens (tertiary/aromatic N) is 2. The third-order valence-corrected chi connectivity index (χ3v) is 5.32. The number of methoxy groups -OCH3 is 1. The van der Waals surface area contributed by atoms with Gasteiger partial charge >= 0.3 is 0 Å². The number of amides is 1. The maximum Gasteiger partial charge on any atom is 0.223 e. The summed E-state index contributed by atoms with van der Waals surface area (Å²) >= 11 is 0. The first kappa shape index (κ1) is 15.5. The molecule has 3 rings (SSSR count). The molecule has 0 aromatic carbocycles. The molecule has 1 amide bonds. The van der Waals surface area contributed by atoms with Crippen LogP contribution in [0.3, 0.4) is 0 Å². The Labute approximate surface area is 132 Å². The highest BCUT2D eigenvalue weighted by Crippen LogP contribution is 2.49. The minimum Gasteiger partial charge on any atom is -0.383 e. The first-order valence-electron chi connectivity index (χ1n) is 8.43. The number of rotatable bonds is 7. The number of ether oxygens (including phenoxy) is 1. The van der Waals surface area contributed by atoms with E-state index in [0.29, 0.717) is 32.0 Å². The highest BCUT2D eigenvalue weighted by atomic mass is 16.5. The summed E-state index contributed by atoms with van der Waals surface area (Å²) in [6, 6.07) is 5.85. The zero-order valence-electron chi connectivity index (χ0n) is 13.4. The first-order chi connectivity index (χ1) is 10.8. The van der Waals surface area contributed by atoms with E-state index in [1.807, 2.05) is 23.1 Å². The van der Waals surface area contributed by atoms with Gasteiger partial charge in [0.2, 0.25) is 5.91 Å². The van der Waals surface area contributed by atoms with E-state index in [1.165, 1.54) is 25.7 Å². The van der Waals surface area contributed by atoms with Crippen molar-refractivity contribution in [2.75, 3.05) is 20.3 Å². The molecule has 120 valence electrons. The summed E-state index contributed by atoms with van der Waals surface area (Å²) in [5.41, 5.74) is 0.944. The van der Waals surface area contributed by atoms with Gasteiger partial charge in [0.25, 0.3) is 0 Å². The van der Waals surface area contributed by atoms with Crippen molar-refractivity contribution in [1.82, 2.24) is 9.88 Å². The van der Waals surface area contributed by atoms with Crippen molar-refractivity contribution in [3.8, 4) is 0 Å². The maximum absolute atomic E-state index is 12.7. The Morgan fingerprint density at radius 1 is 1.36 bits per heavy atom. The largest absolute Gasteiger partial charge is 0.383 e. The number of fused-ring (bicyclic) bond motifs is 2. The molecule has 0 N–H and O–H groups in total. The van der Waals surface area contributed by atoms with Gasteiger partial charge in [0.05, 0.1) is 18.8 Å². The van der Waals surface area contributed by atoms with Gasteiger partial charge in [0.15, 0.2) is 0 Å². The quantitative estimate of drug-likeness (QED) is 0.778. The van der Waals surface area contributed by atoms with Crippen molar-refractivity contribution in [3.63, 3.8) is 0 Å². The van der Waals surface area contributed by atoms with Crippen LogP contribution in [-0.2, 0) is 16.1 Å². The monoisotopic (exact) mass is 302 g/mol. The second-order valence-electron chi connectivity index (χ2n) is 6.77. The van der Waals surface area contributed by atoms with Gasteiger partial charge in [-0.3, -0.25) is 9.78 Å². The van der Waals surface area contributed by atoms with Crippen LogP contribution >= 0.6 is 0 Å². The third-order valence-electron chi connectivity index (χ3n) is 5.32. The molecule has 2 fully saturated rings. The molecule has 0 unspecified atom stereocenters. The molecule has 1 aromatic rings. The molecule has 4 heteroatoms. The van der Waals surface area contributed by atoms with Gasteiger partial charge in [0, 0.05) is 26.3 Å². The van der Waals surface area contributed by atoms with Crippen LogP contribution in [0.1, 0.15) is 37.8 Å². The maximum atomic E-state index is 12.7. The minimum atomic E-state index is 0.264. The average molecular weight is 302 g/mol. The average Bonchev–Trinajstić information content (AvgIpc) is 3.15. The van der Waals surface area contributed by atoms with E-state index >= 15 is 0 Å². The van der Waals surface area contributed by atoms with Gasteiger partial charge in [-0.25, -0.2) is 0 Å². The van der Waals surface area contributed by atoms with Crippen molar-refractivity contribution in [3.05, 3.63) is 30.1 Å². The molecule has 2 aliphatic carbocycles. The summed E-state index contributed by atoms with van der Waals surface area (Å²) in [5.74, 6) is 2.57. The molecular formula is C18H26N2O2. The summed E-state index contributed by atoms with van der Waals surface area (Å²) < 4.78 is 5.17. The van der Waals surface area contributed by atoms with Crippen LogP contribution in [0.15, 0.2) is 24.4 Å². The first-order valence-corrected chi connectivity index (χ1v) is 8.43. The van der Waals surface area contributed by atoms with E-state index in [0.717, 1.165) is 17.5 Å². The van der Waals surface area contributed by atoms with Gasteiger partial charge in [-0.2, -0.15) is 0 Å². The van der Waals surface area contributed by atoms with E-state index in [2.05, 4.69) is 4.98 Å². The molecule has 2 bridgehead atoms. The topological polar surface area (TPSA) is 42.4 Å². The Balaban J connectivity index is 1.59. The molecule has 0 radical (unpaired) electrons. The van der Waals surface area contributed by atoms with Gasteiger partial charge in [-0.1, -0.05) is 12.5 Å². The van der Waals surface area contributed by atoms with Gasteiger partial charge < -0.3 is 9.64 Å². The predicted octanol–water partition coefficient (Wildman–Crippen LogP) is 2.88. The Kier molecular flexibility index (Phi) is 5.08. The van der Waals surface area contributed by atoms with Crippen molar-refractivity contribution in [1.29, 1.82) is 0 Å². The van der Waals surface area contributed by atoms with E-state index in [-0.39, 0.29) is 5.91 Å². The summed E-state index contributed by atoms with van der Waals surface area (Å²) in [5, 5.41) is 0. The fraction of sp³-hybridized carbons (Fsp3) is 0.667. The lowest BCUT2D eigenvalue weighted by molar-refractivity contribution is -0.134. The standard InChI is InChI=1S/C18H26N2O2/c1-22-9-8-20(13-17-4-2-3-7-19-17)18(21)12-16-11-14-5-6-15(16)10-14/h2-4,7,14-16H,5-6,8-13H2,1H3/t14-,15-,16+/m0/s1. The molecule has 1 aromatic heterocycles. The molecule has 2 saturated carbocycles. The van der Waals surface area contributed by atoms with Crippen LogP contribution in [0, 0.1) is 17.8 Å². The highest BCUT2D eigenvalue weighted by molar-refractivity contribution is 5.76. The van der Waals surface area contributed by atoms with Gasteiger partial charge in [-0.15, -0.1) is 0 Å². The summed E-state index contributed by atoms with van der Waals surface area (Å²) in [6.45, 7) is 1.81. The second kappa shape index (κ2) is 7.23. The summed E-state index contributed by atoms with van der Waals surface area (Å²) in [4.78, 5) is 19.0. The zero-order chi connectivity index (χ0) is 15.4. The lowest BCUT2D eigenvalue weighted by atomic mass is 9.86. The molecule has 3 atom stereocenters. The van der Waals surface area contributed by atoms with Crippen molar-refractivity contribution in [2.24, 2.45) is 17.8 Å². The van der Waals surface area contributed by atoms with Crippen LogP contribution in [0.5, 0.6) is 0 Å². The minimum absolute atomic E-state index is 0.264. The van der Waals surface area contributed by atoms with Crippen molar-refractivity contribution < 1.29 is 9.53 Å². The fourth-order valence-corrected chi connectivity index (χ4v) is 4.16. The summed E-state index contributed by atoms with van der Waals surface area (Å²) in [6.07, 6.45) is 7.83. The Morgan fingerprint density at radius 2 is 2.27 bits per heavy atom.